The molecule has 148 valence electrons. The first-order chi connectivity index (χ1) is 14.3. The minimum Gasteiger partial charge on any atom is -0.453 e. The van der Waals surface area contributed by atoms with Crippen LogP contribution in [0.5, 0.6) is 11.5 Å². The third-order valence-corrected chi connectivity index (χ3v) is 5.87. The van der Waals surface area contributed by atoms with E-state index in [4.69, 9.17) is 9.47 Å². The van der Waals surface area contributed by atoms with Crippen molar-refractivity contribution in [2.24, 2.45) is 0 Å². The highest BCUT2D eigenvalue weighted by Gasteiger charge is 2.40. The number of rotatable bonds is 4. The van der Waals surface area contributed by atoms with Crippen LogP contribution in [0.25, 0.3) is 0 Å². The standard InChI is InChI=1S/C25H25NO3/c27-25-21(13-8-16-24(25)28-17-18-9-2-1-3-10-18)26-19-11-4-6-14-22(19)29-23-15-7-5-12-20(23)26/h1-7,9-12,14-15,21,24-25,27H,8,13,16-17H2/t21-,24?,25?/m1/s1. The summed E-state index contributed by atoms with van der Waals surface area (Å²) in [6.45, 7) is 0.519. The van der Waals surface area contributed by atoms with E-state index in [0.29, 0.717) is 6.61 Å². The van der Waals surface area contributed by atoms with Crippen molar-refractivity contribution in [2.45, 2.75) is 44.1 Å². The predicted octanol–water partition coefficient (Wildman–Crippen LogP) is 5.43. The second kappa shape index (κ2) is 7.90. The number of fused-ring (bicyclic) bond motifs is 2. The summed E-state index contributed by atoms with van der Waals surface area (Å²) in [6.07, 6.45) is 2.04. The second-order valence-electron chi connectivity index (χ2n) is 7.73. The topological polar surface area (TPSA) is 41.9 Å². The molecule has 1 N–H and O–H groups in total. The molecule has 1 fully saturated rings. The molecule has 0 spiro atoms. The maximum absolute atomic E-state index is 11.3. The van der Waals surface area contributed by atoms with E-state index in [1.165, 1.54) is 0 Å². The molecule has 0 aromatic heterocycles. The van der Waals surface area contributed by atoms with E-state index in [1.807, 2.05) is 54.6 Å². The Labute approximate surface area is 171 Å². The number of anilines is 2. The molecule has 29 heavy (non-hydrogen) atoms. The van der Waals surface area contributed by atoms with Crippen LogP contribution in [0.4, 0.5) is 11.4 Å². The van der Waals surface area contributed by atoms with E-state index in [9.17, 15) is 5.11 Å². The predicted molar refractivity (Wildman–Crippen MR) is 114 cm³/mol. The maximum Gasteiger partial charge on any atom is 0.151 e. The fourth-order valence-electron chi connectivity index (χ4n) is 4.45. The molecule has 3 aromatic carbocycles. The van der Waals surface area contributed by atoms with Crippen LogP contribution in [-0.2, 0) is 11.3 Å². The molecule has 3 aromatic rings. The zero-order valence-corrected chi connectivity index (χ0v) is 16.3. The molecule has 0 radical (unpaired) electrons. The van der Waals surface area contributed by atoms with Gasteiger partial charge in [0.15, 0.2) is 11.5 Å². The van der Waals surface area contributed by atoms with Crippen LogP contribution in [0.15, 0.2) is 78.9 Å². The first kappa shape index (κ1) is 18.2. The number of nitrogens with zero attached hydrogens (tertiary/aromatic N) is 1. The number of para-hydroxylation sites is 4. The van der Waals surface area contributed by atoms with Gasteiger partial charge in [-0.05, 0) is 49.1 Å². The smallest absolute Gasteiger partial charge is 0.151 e. The van der Waals surface area contributed by atoms with Gasteiger partial charge < -0.3 is 19.5 Å². The van der Waals surface area contributed by atoms with E-state index in [2.05, 4.69) is 29.2 Å². The zero-order chi connectivity index (χ0) is 19.6. The van der Waals surface area contributed by atoms with Crippen LogP contribution in [0, 0.1) is 0 Å². The summed E-state index contributed by atoms with van der Waals surface area (Å²) in [5.41, 5.74) is 3.13. The summed E-state index contributed by atoms with van der Waals surface area (Å²) < 4.78 is 12.3. The molecule has 5 rings (SSSR count). The van der Waals surface area contributed by atoms with Crippen molar-refractivity contribution in [1.82, 2.24) is 0 Å². The Morgan fingerprint density at radius 2 is 1.45 bits per heavy atom. The Balaban J connectivity index is 1.43. The van der Waals surface area contributed by atoms with Crippen LogP contribution in [0.1, 0.15) is 24.8 Å². The number of benzene rings is 3. The number of hydrogen-bond donors (Lipinski definition) is 1. The molecule has 0 bridgehead atoms. The van der Waals surface area contributed by atoms with Crippen molar-refractivity contribution in [3.05, 3.63) is 84.4 Å². The number of hydrogen-bond acceptors (Lipinski definition) is 4. The van der Waals surface area contributed by atoms with Crippen molar-refractivity contribution in [3.8, 4) is 11.5 Å². The van der Waals surface area contributed by atoms with Crippen LogP contribution in [0.2, 0.25) is 0 Å². The van der Waals surface area contributed by atoms with E-state index >= 15 is 0 Å². The van der Waals surface area contributed by atoms with E-state index in [1.54, 1.807) is 0 Å². The fraction of sp³-hybridized carbons (Fsp3) is 0.280. The monoisotopic (exact) mass is 387 g/mol. The van der Waals surface area contributed by atoms with Crippen molar-refractivity contribution < 1.29 is 14.6 Å². The highest BCUT2D eigenvalue weighted by molar-refractivity contribution is 5.78. The molecule has 1 saturated carbocycles. The average molecular weight is 387 g/mol. The summed E-state index contributed by atoms with van der Waals surface area (Å²) in [6, 6.07) is 26.2. The van der Waals surface area contributed by atoms with Gasteiger partial charge >= 0.3 is 0 Å². The van der Waals surface area contributed by atoms with Crippen LogP contribution >= 0.6 is 0 Å². The molecule has 2 aliphatic rings. The lowest BCUT2D eigenvalue weighted by molar-refractivity contribution is -0.0740. The van der Waals surface area contributed by atoms with E-state index in [-0.39, 0.29) is 12.1 Å². The lowest BCUT2D eigenvalue weighted by Crippen LogP contribution is -2.51. The van der Waals surface area contributed by atoms with Crippen LogP contribution in [-0.4, -0.2) is 23.4 Å². The summed E-state index contributed by atoms with van der Waals surface area (Å²) in [5.74, 6) is 1.65. The third-order valence-electron chi connectivity index (χ3n) is 5.87. The maximum atomic E-state index is 11.3. The van der Waals surface area contributed by atoms with Crippen molar-refractivity contribution >= 4 is 11.4 Å². The Bertz CT molecular complexity index is 929. The average Bonchev–Trinajstić information content (AvgIpc) is 2.78. The summed E-state index contributed by atoms with van der Waals surface area (Å²) >= 11 is 0. The van der Waals surface area contributed by atoms with Crippen molar-refractivity contribution in [3.63, 3.8) is 0 Å². The van der Waals surface area contributed by atoms with E-state index < -0.39 is 6.10 Å². The van der Waals surface area contributed by atoms with Crippen molar-refractivity contribution in [2.75, 3.05) is 4.90 Å². The van der Waals surface area contributed by atoms with Crippen LogP contribution in [0.3, 0.4) is 0 Å². The van der Waals surface area contributed by atoms with Crippen molar-refractivity contribution in [1.29, 1.82) is 0 Å². The second-order valence-corrected chi connectivity index (χ2v) is 7.73. The molecule has 4 heteroatoms. The van der Waals surface area contributed by atoms with Gasteiger partial charge in [0.2, 0.25) is 0 Å². The van der Waals surface area contributed by atoms with Gasteiger partial charge in [-0.1, -0.05) is 54.6 Å². The minimum atomic E-state index is -0.577. The zero-order valence-electron chi connectivity index (χ0n) is 16.3. The molecule has 1 aliphatic carbocycles. The lowest BCUT2D eigenvalue weighted by Gasteiger charge is -2.44. The fourth-order valence-corrected chi connectivity index (χ4v) is 4.45. The molecule has 0 amide bonds. The van der Waals surface area contributed by atoms with Crippen LogP contribution < -0.4 is 9.64 Å². The van der Waals surface area contributed by atoms with Gasteiger partial charge in [-0.25, -0.2) is 0 Å². The lowest BCUT2D eigenvalue weighted by atomic mass is 9.87. The molecular weight excluding hydrogens is 362 g/mol. The SMILES string of the molecule is OC1C(OCc2ccccc2)CCC[C@H]1N1c2ccccc2Oc2ccccc21. The van der Waals surface area contributed by atoms with Gasteiger partial charge in [0.25, 0.3) is 0 Å². The minimum absolute atomic E-state index is 0.0595. The summed E-state index contributed by atoms with van der Waals surface area (Å²) in [5, 5.41) is 11.3. The van der Waals surface area contributed by atoms with Gasteiger partial charge in [-0.3, -0.25) is 0 Å². The Morgan fingerprint density at radius 1 is 0.828 bits per heavy atom. The Morgan fingerprint density at radius 3 is 2.14 bits per heavy atom. The largest absolute Gasteiger partial charge is 0.453 e. The summed E-state index contributed by atoms with van der Waals surface area (Å²) in [7, 11) is 0. The molecule has 1 heterocycles. The molecular formula is C25H25NO3. The molecule has 3 atom stereocenters. The number of ether oxygens (including phenoxy) is 2. The number of aliphatic hydroxyl groups excluding tert-OH is 1. The highest BCUT2D eigenvalue weighted by Crippen LogP contribution is 2.49. The number of aliphatic hydroxyl groups is 1. The first-order valence-electron chi connectivity index (χ1n) is 10.3. The van der Waals surface area contributed by atoms with Gasteiger partial charge in [0, 0.05) is 0 Å². The molecule has 0 saturated heterocycles. The molecule has 1 aliphatic heterocycles. The Hall–Kier alpha value is -2.82. The van der Waals surface area contributed by atoms with E-state index in [0.717, 1.165) is 47.7 Å². The third kappa shape index (κ3) is 3.50. The summed E-state index contributed by atoms with van der Waals surface area (Å²) in [4.78, 5) is 2.25. The van der Waals surface area contributed by atoms with Gasteiger partial charge in [0.1, 0.15) is 6.10 Å². The first-order valence-corrected chi connectivity index (χ1v) is 10.3. The highest BCUT2D eigenvalue weighted by atomic mass is 16.5. The normalized spacial score (nSPS) is 23.1. The Kier molecular flexibility index (Phi) is 4.96. The molecule has 4 nitrogen and oxygen atoms in total. The molecule has 2 unspecified atom stereocenters. The quantitative estimate of drug-likeness (QED) is 0.648. The van der Waals surface area contributed by atoms with Gasteiger partial charge in [-0.15, -0.1) is 0 Å². The van der Waals surface area contributed by atoms with Gasteiger partial charge in [-0.2, -0.15) is 0 Å². The van der Waals surface area contributed by atoms with Gasteiger partial charge in [0.05, 0.1) is 30.1 Å².